The minimum atomic E-state index is -5.17. The molecule has 0 amide bonds. The molecule has 4 nitrogen and oxygen atoms in total. The summed E-state index contributed by atoms with van der Waals surface area (Å²) in [6, 6.07) is 0. The van der Waals surface area contributed by atoms with Gasteiger partial charge in [-0.3, -0.25) is 8.42 Å². The first kappa shape index (κ1) is 10.6. The van der Waals surface area contributed by atoms with Crippen LogP contribution in [0.15, 0.2) is 0 Å². The van der Waals surface area contributed by atoms with Crippen molar-refractivity contribution in [1.82, 2.24) is 0 Å². The van der Waals surface area contributed by atoms with Crippen molar-refractivity contribution >= 4 is 20.5 Å². The van der Waals surface area contributed by atoms with Gasteiger partial charge in [0.1, 0.15) is 0 Å². The first-order valence-corrected chi connectivity index (χ1v) is 3.41. The van der Waals surface area contributed by atoms with Crippen LogP contribution in [-0.2, 0) is 25.5 Å². The van der Waals surface area contributed by atoms with Crippen LogP contribution in [0.2, 0.25) is 0 Å². The van der Waals surface area contributed by atoms with Crippen LogP contribution in [0.25, 0.3) is 0 Å². The molecule has 0 atom stereocenters. The van der Waals surface area contributed by atoms with E-state index in [0.29, 0.717) is 0 Å². The molecule has 0 aliphatic rings. The second-order valence-corrected chi connectivity index (χ2v) is 1.22. The van der Waals surface area contributed by atoms with Crippen molar-refractivity contribution in [2.75, 3.05) is 0 Å². The molecule has 0 aliphatic carbocycles. The zero-order valence-electron chi connectivity index (χ0n) is 2.72. The molecular weight excluding hydrogens is 195 g/mol. The summed E-state index contributed by atoms with van der Waals surface area (Å²) < 4.78 is 34.1. The summed E-state index contributed by atoms with van der Waals surface area (Å²) in [7, 11) is -0.965. The molecular formula is ClCuO4S. The summed E-state index contributed by atoms with van der Waals surface area (Å²) in [5.41, 5.74) is 0. The summed E-state index contributed by atoms with van der Waals surface area (Å²) >= 11 is 3.66. The molecule has 0 aromatic rings. The van der Waals surface area contributed by atoms with Crippen LogP contribution in [-0.4, -0.2) is 17.5 Å². The van der Waals surface area contributed by atoms with Gasteiger partial charge in [-0.1, -0.05) is 0 Å². The monoisotopic (exact) mass is 194 g/mol. The Morgan fingerprint density at radius 1 is 1.29 bits per heavy atom. The first-order valence-electron chi connectivity index (χ1n) is 0.781. The van der Waals surface area contributed by atoms with E-state index < -0.39 is 10.4 Å². The summed E-state index contributed by atoms with van der Waals surface area (Å²) in [5, 5.41) is 0. The van der Waals surface area contributed by atoms with Crippen LogP contribution in [0.1, 0.15) is 0 Å². The van der Waals surface area contributed by atoms with Crippen molar-refractivity contribution in [3.8, 4) is 0 Å². The van der Waals surface area contributed by atoms with Crippen molar-refractivity contribution < 1.29 is 32.6 Å². The van der Waals surface area contributed by atoms with Crippen molar-refractivity contribution in [3.63, 3.8) is 0 Å². The fourth-order valence-electron chi connectivity index (χ4n) is 0. The Morgan fingerprint density at radius 3 is 1.29 bits per heavy atom. The molecule has 48 valence electrons. The van der Waals surface area contributed by atoms with Gasteiger partial charge in [-0.05, 0) is 0 Å². The van der Waals surface area contributed by atoms with Crippen LogP contribution >= 0.6 is 10.1 Å². The van der Waals surface area contributed by atoms with E-state index in [2.05, 4.69) is 25.2 Å². The van der Waals surface area contributed by atoms with Gasteiger partial charge in [-0.25, -0.2) is 0 Å². The quantitative estimate of drug-likeness (QED) is 0.292. The van der Waals surface area contributed by atoms with Gasteiger partial charge < -0.3 is 9.11 Å². The number of hydrogen-bond donors (Lipinski definition) is 0. The third-order valence-electron chi connectivity index (χ3n) is 0. The second-order valence-electron chi connectivity index (χ2n) is 0.408. The molecule has 0 saturated carbocycles. The van der Waals surface area contributed by atoms with E-state index >= 15 is 0 Å². The standard InChI is InChI=1S/ClH.Cu.H2O4S/c;;1-5(2,3)4/h1H;;(H2,1,2,3,4)/q;+3;/p-3. The summed E-state index contributed by atoms with van der Waals surface area (Å²) in [5.74, 6) is 0. The average molecular weight is 195 g/mol. The van der Waals surface area contributed by atoms with Gasteiger partial charge in [0, 0.05) is 10.4 Å². The third-order valence-corrected chi connectivity index (χ3v) is 0. The average Bonchev–Trinajstić information content (AvgIpc) is 1.36. The molecule has 7 heteroatoms. The van der Waals surface area contributed by atoms with E-state index in [-0.39, 0.29) is 0 Å². The molecule has 0 N–H and O–H groups in total. The Hall–Kier alpha value is 0.679. The van der Waals surface area contributed by atoms with Crippen molar-refractivity contribution in [2.45, 2.75) is 0 Å². The van der Waals surface area contributed by atoms with Crippen LogP contribution in [0.5, 0.6) is 0 Å². The zero-order chi connectivity index (χ0) is 6.50. The first-order chi connectivity index (χ1) is 3.00. The molecule has 0 spiro atoms. The molecule has 0 heterocycles. The predicted molar refractivity (Wildman–Crippen MR) is 16.3 cm³/mol. The molecule has 0 fully saturated rings. The topological polar surface area (TPSA) is 80.3 Å². The number of rotatable bonds is 0. The second kappa shape index (κ2) is 4.83. The fraction of sp³-hybridized carbons (Fsp3) is 0. The van der Waals surface area contributed by atoms with Crippen LogP contribution in [0.3, 0.4) is 0 Å². The van der Waals surface area contributed by atoms with Crippen LogP contribution < -0.4 is 0 Å². The van der Waals surface area contributed by atoms with Gasteiger partial charge in [-0.15, -0.1) is 0 Å². The normalized spacial score (nSPS) is 9.29. The van der Waals surface area contributed by atoms with E-state index in [1.165, 1.54) is 0 Å². The zero-order valence-corrected chi connectivity index (χ0v) is 5.23. The Bertz CT molecular complexity index is 94.9. The van der Waals surface area contributed by atoms with Gasteiger partial charge in [0.2, 0.25) is 0 Å². The maximum atomic E-state index is 8.52. The SMILES string of the molecule is O=S(=O)([O-])[O-].[Cl][Cu+2]. The summed E-state index contributed by atoms with van der Waals surface area (Å²) in [4.78, 5) is 0. The minimum absolute atomic E-state index is 3.66. The van der Waals surface area contributed by atoms with Gasteiger partial charge in [0.15, 0.2) is 0 Å². The Labute approximate surface area is 53.5 Å². The molecule has 0 aromatic heterocycles. The van der Waals surface area contributed by atoms with E-state index in [1.54, 1.807) is 0 Å². The summed E-state index contributed by atoms with van der Waals surface area (Å²) in [6.07, 6.45) is 0. The van der Waals surface area contributed by atoms with Gasteiger partial charge in [-0.2, -0.15) is 0 Å². The molecule has 0 rings (SSSR count). The molecule has 0 aliphatic heterocycles. The number of hydrogen-bond acceptors (Lipinski definition) is 4. The molecule has 0 unspecified atom stereocenters. The molecule has 0 aromatic carbocycles. The Kier molecular flexibility index (Phi) is 7.33. The molecule has 0 bridgehead atoms. The van der Waals surface area contributed by atoms with Crippen molar-refractivity contribution in [3.05, 3.63) is 0 Å². The molecule has 7 heavy (non-hydrogen) atoms. The van der Waals surface area contributed by atoms with Gasteiger partial charge in [0.25, 0.3) is 0 Å². The predicted octanol–water partition coefficient (Wildman–Crippen LogP) is -0.651. The van der Waals surface area contributed by atoms with E-state index in [4.69, 9.17) is 17.5 Å². The van der Waals surface area contributed by atoms with Crippen LogP contribution in [0, 0.1) is 0 Å². The fourth-order valence-corrected chi connectivity index (χ4v) is 0. The molecule has 0 radical (unpaired) electrons. The maximum absolute atomic E-state index is 8.52. The molecule has 0 saturated heterocycles. The van der Waals surface area contributed by atoms with E-state index in [1.807, 2.05) is 0 Å². The summed E-state index contributed by atoms with van der Waals surface area (Å²) in [6.45, 7) is 0. The van der Waals surface area contributed by atoms with Gasteiger partial charge >= 0.3 is 25.2 Å². The number of halogens is 1. The van der Waals surface area contributed by atoms with Crippen molar-refractivity contribution in [2.24, 2.45) is 0 Å². The van der Waals surface area contributed by atoms with E-state index in [9.17, 15) is 0 Å². The van der Waals surface area contributed by atoms with Crippen molar-refractivity contribution in [1.29, 1.82) is 0 Å². The van der Waals surface area contributed by atoms with E-state index in [0.717, 1.165) is 0 Å². The Morgan fingerprint density at radius 2 is 1.29 bits per heavy atom. The van der Waals surface area contributed by atoms with Crippen LogP contribution in [0.4, 0.5) is 0 Å². The third kappa shape index (κ3) is 317. The van der Waals surface area contributed by atoms with Gasteiger partial charge in [0.05, 0.1) is 0 Å². The Balaban J connectivity index is 0.